The van der Waals surface area contributed by atoms with Crippen molar-refractivity contribution in [1.29, 1.82) is 5.26 Å². The number of nitrogens with one attached hydrogen (secondary N) is 1. The molecule has 0 fully saturated rings. The normalized spacial score (nSPS) is 9.88. The van der Waals surface area contributed by atoms with Crippen LogP contribution in [0.5, 0.6) is 0 Å². The summed E-state index contributed by atoms with van der Waals surface area (Å²) in [6.45, 7) is 8.61. The molecule has 0 unspecified atom stereocenters. The first kappa shape index (κ1) is 21.5. The molecule has 26 heavy (non-hydrogen) atoms. The molecule has 0 aliphatic rings. The Hall–Kier alpha value is -0.816. The van der Waals surface area contributed by atoms with E-state index in [9.17, 15) is 0 Å². The van der Waals surface area contributed by atoms with E-state index in [2.05, 4.69) is 89.8 Å². The molecule has 3 nitrogen and oxygen atoms in total. The molecule has 1 N–H and O–H groups in total. The van der Waals surface area contributed by atoms with Crippen molar-refractivity contribution in [3.8, 4) is 28.7 Å². The molecule has 1 heterocycles. The number of nitriles is 1. The van der Waals surface area contributed by atoms with Gasteiger partial charge in [-0.15, -0.1) is 0 Å². The molecule has 0 bridgehead atoms. The average molecular weight is 606 g/mol. The minimum absolute atomic E-state index is 0.628. The van der Waals surface area contributed by atoms with Gasteiger partial charge in [0.15, 0.2) is 0 Å². The molecule has 2 aromatic carbocycles. The first-order valence-electron chi connectivity index (χ1n) is 7.98. The standard InChI is InChI=1S/C20H19N3.2HI.V/c1-12-8-18(15(4)14(3)13(12)2)19-11-22-20(23-19)17-7-5-6-16(9-17)10-21;;;/h5-9,11H,1-4H3,(H,22,23);2*1H;/q;;;+2/p-2. The molecule has 0 radical (unpaired) electrons. The Bertz CT molecular complexity index is 958. The van der Waals surface area contributed by atoms with E-state index in [1.807, 2.05) is 24.4 Å². The molecule has 6 heteroatoms. The van der Waals surface area contributed by atoms with Crippen molar-refractivity contribution in [3.05, 3.63) is 64.3 Å². The second-order valence-electron chi connectivity index (χ2n) is 6.02. The van der Waals surface area contributed by atoms with Gasteiger partial charge in [0.05, 0.1) is 23.5 Å². The summed E-state index contributed by atoms with van der Waals surface area (Å²) in [5.41, 5.74) is 8.97. The van der Waals surface area contributed by atoms with Crippen molar-refractivity contribution in [2.24, 2.45) is 0 Å². The molecule has 0 atom stereocenters. The van der Waals surface area contributed by atoms with Crippen LogP contribution in [0.3, 0.4) is 0 Å². The van der Waals surface area contributed by atoms with E-state index < -0.39 is 0 Å². The predicted octanol–water partition coefficient (Wildman–Crippen LogP) is 6.62. The molecule has 0 amide bonds. The van der Waals surface area contributed by atoms with Crippen molar-refractivity contribution >= 4 is 40.0 Å². The quantitative estimate of drug-likeness (QED) is 0.334. The van der Waals surface area contributed by atoms with E-state index in [-0.39, 0.29) is 0 Å². The second kappa shape index (κ2) is 9.93. The third-order valence-corrected chi connectivity index (χ3v) is 4.61. The molecule has 0 aliphatic carbocycles. The van der Waals surface area contributed by atoms with Gasteiger partial charge in [0, 0.05) is 11.1 Å². The van der Waals surface area contributed by atoms with E-state index in [1.54, 1.807) is 6.07 Å². The number of aryl methyl sites for hydroxylation is 1. The Morgan fingerprint density at radius 1 is 1.04 bits per heavy atom. The van der Waals surface area contributed by atoms with Crippen molar-refractivity contribution < 1.29 is 9.47 Å². The maximum absolute atomic E-state index is 9.03. The third-order valence-electron chi connectivity index (χ3n) is 4.61. The number of H-pyrrole nitrogens is 1. The molecule has 3 aromatic rings. The molecule has 3 rings (SSSR count). The van der Waals surface area contributed by atoms with Crippen LogP contribution < -0.4 is 0 Å². The van der Waals surface area contributed by atoms with Crippen molar-refractivity contribution in [2.75, 3.05) is 0 Å². The zero-order chi connectivity index (χ0) is 19.3. The van der Waals surface area contributed by atoms with Crippen molar-refractivity contribution in [2.45, 2.75) is 27.7 Å². The number of nitrogens with zero attached hydrogens (tertiary/aromatic N) is 2. The fraction of sp³-hybridized carbons (Fsp3) is 0.200. The number of hydrogen-bond donors (Lipinski definition) is 1. The molecule has 1 aromatic heterocycles. The van der Waals surface area contributed by atoms with Crippen LogP contribution in [-0.2, 0) is 9.47 Å². The van der Waals surface area contributed by atoms with Crippen LogP contribution in [0.2, 0.25) is 0 Å². The van der Waals surface area contributed by atoms with E-state index in [4.69, 9.17) is 5.26 Å². The third kappa shape index (κ3) is 4.91. The Labute approximate surface area is 183 Å². The number of hydrogen-bond acceptors (Lipinski definition) is 2. The van der Waals surface area contributed by atoms with Crippen LogP contribution >= 0.6 is 40.0 Å². The zero-order valence-electron chi connectivity index (χ0n) is 15.1. The van der Waals surface area contributed by atoms with Gasteiger partial charge in [0.1, 0.15) is 5.82 Å². The monoisotopic (exact) mass is 606 g/mol. The minimum atomic E-state index is 0.628. The summed E-state index contributed by atoms with van der Waals surface area (Å²) in [6.07, 6.45) is 1.87. The van der Waals surface area contributed by atoms with Gasteiger partial charge in [0.2, 0.25) is 0 Å². The summed E-state index contributed by atoms with van der Waals surface area (Å²) in [5.74, 6) is 0.785. The van der Waals surface area contributed by atoms with E-state index in [0.717, 1.165) is 17.1 Å². The molecule has 0 saturated heterocycles. The van der Waals surface area contributed by atoms with Gasteiger partial charge < -0.3 is 4.98 Å². The fourth-order valence-corrected chi connectivity index (χ4v) is 2.83. The van der Waals surface area contributed by atoms with Gasteiger partial charge in [-0.3, -0.25) is 0 Å². The number of aromatic amines is 1. The fourth-order valence-electron chi connectivity index (χ4n) is 2.83. The second-order valence-corrected chi connectivity index (χ2v) is 17.8. The summed E-state index contributed by atoms with van der Waals surface area (Å²) < 4.78 is 0. The summed E-state index contributed by atoms with van der Waals surface area (Å²) in [5, 5.41) is 9.03. The molecular weight excluding hydrogens is 587 g/mol. The number of rotatable bonds is 2. The van der Waals surface area contributed by atoms with E-state index in [1.165, 1.54) is 27.8 Å². The zero-order valence-corrected chi connectivity index (χ0v) is 20.8. The van der Waals surface area contributed by atoms with Crippen molar-refractivity contribution in [3.63, 3.8) is 0 Å². The average Bonchev–Trinajstić information content (AvgIpc) is 3.13. The van der Waals surface area contributed by atoms with Gasteiger partial charge in [-0.2, -0.15) is 5.26 Å². The first-order valence-corrected chi connectivity index (χ1v) is 17.0. The number of halogens is 2. The Morgan fingerprint density at radius 3 is 2.38 bits per heavy atom. The Kier molecular flexibility index (Phi) is 8.20. The van der Waals surface area contributed by atoms with Gasteiger partial charge in [-0.25, -0.2) is 4.98 Å². The van der Waals surface area contributed by atoms with Gasteiger partial charge in [-0.05, 0) is 68.1 Å². The predicted molar refractivity (Wildman–Crippen MR) is 121 cm³/mol. The van der Waals surface area contributed by atoms with E-state index >= 15 is 0 Å². The van der Waals surface area contributed by atoms with Crippen LogP contribution in [0.25, 0.3) is 22.6 Å². The van der Waals surface area contributed by atoms with Gasteiger partial charge >= 0.3 is 49.4 Å². The van der Waals surface area contributed by atoms with Crippen LogP contribution in [0.1, 0.15) is 27.8 Å². The van der Waals surface area contributed by atoms with Crippen LogP contribution in [-0.4, -0.2) is 9.97 Å². The van der Waals surface area contributed by atoms with Crippen LogP contribution in [0.15, 0.2) is 36.5 Å². The number of imidazole rings is 1. The SMILES string of the molecule is Cc1cc(-c2cnc(-c3cccc(C#N)c3)[nH]2)c(C)c(C)c1C.[I][V][I]. The molecule has 133 valence electrons. The van der Waals surface area contributed by atoms with Gasteiger partial charge in [-0.1, -0.05) is 12.1 Å². The topological polar surface area (TPSA) is 52.5 Å². The molecular formula is C20H19I2N3V. The summed E-state index contributed by atoms with van der Waals surface area (Å²) in [4.78, 5) is 7.89. The Balaban J connectivity index is 0.000000758. The number of benzene rings is 2. The summed E-state index contributed by atoms with van der Waals surface area (Å²) >= 11 is 4.74. The van der Waals surface area contributed by atoms with Gasteiger partial charge in [0.25, 0.3) is 0 Å². The van der Waals surface area contributed by atoms with Crippen LogP contribution in [0, 0.1) is 39.0 Å². The molecule has 0 aliphatic heterocycles. The Morgan fingerprint density at radius 2 is 1.73 bits per heavy atom. The maximum atomic E-state index is 9.03. The summed E-state index contributed by atoms with van der Waals surface area (Å²) in [7, 11) is 0.628. The van der Waals surface area contributed by atoms with E-state index in [0.29, 0.717) is 15.0 Å². The van der Waals surface area contributed by atoms with Crippen molar-refractivity contribution in [1.82, 2.24) is 9.97 Å². The number of aromatic nitrogens is 2. The molecule has 0 spiro atoms. The first-order chi connectivity index (χ1) is 12.4. The van der Waals surface area contributed by atoms with Crippen LogP contribution in [0.4, 0.5) is 0 Å². The molecule has 0 saturated carbocycles. The summed E-state index contributed by atoms with van der Waals surface area (Å²) in [6, 6.07) is 11.9.